The van der Waals surface area contributed by atoms with Crippen molar-refractivity contribution in [1.29, 1.82) is 0 Å². The lowest BCUT2D eigenvalue weighted by Crippen LogP contribution is -2.55. The molecule has 3 rings (SSSR count). The molecular weight excluding hydrogens is 410 g/mol. The summed E-state index contributed by atoms with van der Waals surface area (Å²) in [4.78, 5) is 40.0. The Hall–Kier alpha value is -3.26. The molecule has 0 saturated carbocycles. The maximum Gasteiger partial charge on any atom is 0.312 e. The first-order valence-electron chi connectivity index (χ1n) is 9.25. The molecule has 1 N–H and O–H groups in total. The number of carbonyl (C=O) groups excluding carboxylic acids is 3. The van der Waals surface area contributed by atoms with E-state index >= 15 is 0 Å². The fraction of sp³-hybridized carbons (Fsp3) is 0.286. The Morgan fingerprint density at radius 3 is 2.13 bits per heavy atom. The number of hydrogen-bond donors (Lipinski definition) is 1. The molecule has 158 valence electrons. The molecule has 3 amide bonds. The minimum absolute atomic E-state index is 0.223. The number of carbonyl (C=O) groups is 3. The zero-order valence-electron chi connectivity index (χ0n) is 16.7. The molecule has 0 bridgehead atoms. The van der Waals surface area contributed by atoms with Crippen molar-refractivity contribution in [1.82, 2.24) is 9.80 Å². The summed E-state index contributed by atoms with van der Waals surface area (Å²) >= 11 is 5.87. The van der Waals surface area contributed by atoms with Crippen LogP contribution in [0.2, 0.25) is 5.02 Å². The van der Waals surface area contributed by atoms with Crippen LogP contribution < -0.4 is 14.8 Å². The van der Waals surface area contributed by atoms with E-state index in [2.05, 4.69) is 5.32 Å². The summed E-state index contributed by atoms with van der Waals surface area (Å²) in [7, 11) is 3.02. The predicted molar refractivity (Wildman–Crippen MR) is 112 cm³/mol. The van der Waals surface area contributed by atoms with Gasteiger partial charge in [0.05, 0.1) is 14.2 Å². The molecule has 1 aliphatic rings. The topological polar surface area (TPSA) is 88.2 Å². The smallest absolute Gasteiger partial charge is 0.312 e. The summed E-state index contributed by atoms with van der Waals surface area (Å²) in [5.74, 6) is -0.711. The van der Waals surface area contributed by atoms with E-state index in [0.717, 1.165) is 5.56 Å². The van der Waals surface area contributed by atoms with Gasteiger partial charge in [0.1, 0.15) is 18.0 Å². The van der Waals surface area contributed by atoms with Crippen molar-refractivity contribution in [2.75, 3.05) is 39.2 Å². The van der Waals surface area contributed by atoms with Crippen LogP contribution in [-0.2, 0) is 20.9 Å². The molecule has 2 aromatic carbocycles. The number of benzene rings is 2. The molecular formula is C21H22ClN3O5. The third kappa shape index (κ3) is 5.21. The van der Waals surface area contributed by atoms with E-state index in [1.807, 2.05) is 12.1 Å². The number of halogens is 1. The van der Waals surface area contributed by atoms with Crippen molar-refractivity contribution in [3.63, 3.8) is 0 Å². The number of anilines is 1. The second-order valence-electron chi connectivity index (χ2n) is 6.73. The lowest BCUT2D eigenvalue weighted by Gasteiger charge is -2.33. The normalized spacial score (nSPS) is 14.0. The van der Waals surface area contributed by atoms with Crippen molar-refractivity contribution < 1.29 is 23.9 Å². The molecule has 8 nitrogen and oxygen atoms in total. The van der Waals surface area contributed by atoms with Crippen molar-refractivity contribution in [3.05, 3.63) is 53.1 Å². The first kappa shape index (κ1) is 21.4. The first-order valence-corrected chi connectivity index (χ1v) is 9.63. The van der Waals surface area contributed by atoms with Crippen molar-refractivity contribution in [3.8, 4) is 11.5 Å². The highest BCUT2D eigenvalue weighted by Crippen LogP contribution is 2.25. The predicted octanol–water partition coefficient (Wildman–Crippen LogP) is 2.17. The van der Waals surface area contributed by atoms with Crippen LogP contribution in [0.4, 0.5) is 5.69 Å². The fourth-order valence-electron chi connectivity index (χ4n) is 3.08. The largest absolute Gasteiger partial charge is 0.497 e. The van der Waals surface area contributed by atoms with E-state index in [9.17, 15) is 14.4 Å². The summed E-state index contributed by atoms with van der Waals surface area (Å²) in [6.07, 6.45) is 0. The molecule has 1 fully saturated rings. The van der Waals surface area contributed by atoms with E-state index in [-0.39, 0.29) is 13.1 Å². The van der Waals surface area contributed by atoms with Crippen molar-refractivity contribution in [2.45, 2.75) is 6.54 Å². The Balaban J connectivity index is 1.59. The number of nitrogens with one attached hydrogen (secondary N) is 1. The number of hydrogen-bond acceptors (Lipinski definition) is 5. The van der Waals surface area contributed by atoms with Gasteiger partial charge >= 0.3 is 11.8 Å². The van der Waals surface area contributed by atoms with Crippen LogP contribution in [-0.4, -0.2) is 61.4 Å². The summed E-state index contributed by atoms with van der Waals surface area (Å²) < 4.78 is 10.3. The Morgan fingerprint density at radius 2 is 1.53 bits per heavy atom. The zero-order valence-corrected chi connectivity index (χ0v) is 17.4. The van der Waals surface area contributed by atoms with Gasteiger partial charge in [0.15, 0.2) is 0 Å². The SMILES string of the molecule is COc1cc(NC(=O)CN2CCN(Cc3ccc(Cl)cc3)C(=O)C2=O)cc(OC)c1. The molecule has 0 aliphatic carbocycles. The van der Waals surface area contributed by atoms with Crippen molar-refractivity contribution in [2.24, 2.45) is 0 Å². The van der Waals surface area contributed by atoms with Crippen LogP contribution in [0.15, 0.2) is 42.5 Å². The quantitative estimate of drug-likeness (QED) is 0.679. The highest BCUT2D eigenvalue weighted by Gasteiger charge is 2.33. The highest BCUT2D eigenvalue weighted by atomic mass is 35.5. The van der Waals surface area contributed by atoms with E-state index in [1.54, 1.807) is 30.3 Å². The maximum atomic E-state index is 12.5. The molecule has 0 radical (unpaired) electrons. The Labute approximate surface area is 179 Å². The minimum Gasteiger partial charge on any atom is -0.497 e. The summed E-state index contributed by atoms with van der Waals surface area (Å²) in [5.41, 5.74) is 1.34. The van der Waals surface area contributed by atoms with Gasteiger partial charge in [-0.05, 0) is 17.7 Å². The lowest BCUT2D eigenvalue weighted by atomic mass is 10.2. The van der Waals surface area contributed by atoms with Crippen molar-refractivity contribution >= 4 is 35.0 Å². The average Bonchev–Trinajstić information content (AvgIpc) is 2.74. The number of amides is 3. The number of piperazine rings is 1. The average molecular weight is 432 g/mol. The zero-order chi connectivity index (χ0) is 21.7. The highest BCUT2D eigenvalue weighted by molar-refractivity contribution is 6.35. The van der Waals surface area contributed by atoms with Gasteiger partial charge in [0.25, 0.3) is 0 Å². The molecule has 0 atom stereocenters. The van der Waals surface area contributed by atoms with Gasteiger partial charge in [0.2, 0.25) is 5.91 Å². The second-order valence-corrected chi connectivity index (χ2v) is 7.17. The van der Waals surface area contributed by atoms with Gasteiger partial charge in [-0.15, -0.1) is 0 Å². The maximum absolute atomic E-state index is 12.5. The Kier molecular flexibility index (Phi) is 6.79. The Bertz CT molecular complexity index is 926. The van der Waals surface area contributed by atoms with Crippen LogP contribution in [0.5, 0.6) is 11.5 Å². The molecule has 2 aromatic rings. The molecule has 30 heavy (non-hydrogen) atoms. The first-order chi connectivity index (χ1) is 14.4. The number of ether oxygens (including phenoxy) is 2. The fourth-order valence-corrected chi connectivity index (χ4v) is 3.21. The molecule has 9 heteroatoms. The standard InChI is InChI=1S/C21H22ClN3O5/c1-29-17-9-16(10-18(11-17)30-2)23-19(26)13-25-8-7-24(20(27)21(25)28)12-14-3-5-15(22)6-4-14/h3-6,9-11H,7-8,12-13H2,1-2H3,(H,23,26). The molecule has 0 spiro atoms. The van der Waals surface area contributed by atoms with E-state index < -0.39 is 17.7 Å². The van der Waals surface area contributed by atoms with Gasteiger partial charge in [-0.3, -0.25) is 14.4 Å². The summed E-state index contributed by atoms with van der Waals surface area (Å²) in [6.45, 7) is 0.699. The molecule has 0 unspecified atom stereocenters. The monoisotopic (exact) mass is 431 g/mol. The van der Waals surface area contributed by atoms with Gasteiger partial charge < -0.3 is 24.6 Å². The van der Waals surface area contributed by atoms with Crippen LogP contribution in [0.1, 0.15) is 5.56 Å². The van der Waals surface area contributed by atoms with Crippen LogP contribution in [0, 0.1) is 0 Å². The van der Waals surface area contributed by atoms with Gasteiger partial charge in [-0.1, -0.05) is 23.7 Å². The van der Waals surface area contributed by atoms with Crippen LogP contribution in [0.3, 0.4) is 0 Å². The molecule has 0 aromatic heterocycles. The van der Waals surface area contributed by atoms with Gasteiger partial charge in [-0.2, -0.15) is 0 Å². The minimum atomic E-state index is -0.700. The number of methoxy groups -OCH3 is 2. The molecule has 1 saturated heterocycles. The summed E-state index contributed by atoms with van der Waals surface area (Å²) in [6, 6.07) is 12.0. The van der Waals surface area contributed by atoms with Gasteiger partial charge in [0, 0.05) is 48.5 Å². The third-order valence-electron chi connectivity index (χ3n) is 4.65. The molecule has 1 heterocycles. The Morgan fingerprint density at radius 1 is 0.967 bits per heavy atom. The lowest BCUT2D eigenvalue weighted by molar-refractivity contribution is -0.157. The number of nitrogens with zero attached hydrogens (tertiary/aromatic N) is 2. The molecule has 1 aliphatic heterocycles. The van der Waals surface area contributed by atoms with Crippen LogP contribution in [0.25, 0.3) is 0 Å². The van der Waals surface area contributed by atoms with Gasteiger partial charge in [-0.25, -0.2) is 0 Å². The summed E-state index contributed by atoms with van der Waals surface area (Å²) in [5, 5.41) is 3.30. The van der Waals surface area contributed by atoms with E-state index in [4.69, 9.17) is 21.1 Å². The van der Waals surface area contributed by atoms with E-state index in [1.165, 1.54) is 24.0 Å². The second kappa shape index (κ2) is 9.49. The third-order valence-corrected chi connectivity index (χ3v) is 4.91. The van der Waals surface area contributed by atoms with Crippen LogP contribution >= 0.6 is 11.6 Å². The van der Waals surface area contributed by atoms with E-state index in [0.29, 0.717) is 35.3 Å². The number of rotatable bonds is 7.